The first-order chi connectivity index (χ1) is 5.35. The van der Waals surface area contributed by atoms with Crippen LogP contribution in [0.15, 0.2) is 0 Å². The molecule has 0 aromatic carbocycles. The maximum absolute atomic E-state index is 8.52. The fraction of sp³-hybridized carbons (Fsp3) is 1.00. The quantitative estimate of drug-likeness (QED) is 0.550. The summed E-state index contributed by atoms with van der Waals surface area (Å²) in [6, 6.07) is 0. The van der Waals surface area contributed by atoms with Crippen molar-refractivity contribution in [3.8, 4) is 0 Å². The first-order valence-electron chi connectivity index (χ1n) is 4.66. The molecule has 0 radical (unpaired) electrons. The fourth-order valence-corrected chi connectivity index (χ4v) is 1.24. The number of nitrogens with one attached hydrogen (secondary N) is 1. The van der Waals surface area contributed by atoms with Crippen molar-refractivity contribution in [3.63, 3.8) is 0 Å². The SMILES string of the molecule is CCCC(CC)CNCCO. The van der Waals surface area contributed by atoms with Gasteiger partial charge in [-0.1, -0.05) is 26.7 Å². The van der Waals surface area contributed by atoms with Gasteiger partial charge in [0.1, 0.15) is 0 Å². The van der Waals surface area contributed by atoms with E-state index in [1.54, 1.807) is 0 Å². The van der Waals surface area contributed by atoms with Gasteiger partial charge in [0.25, 0.3) is 0 Å². The highest BCUT2D eigenvalue weighted by atomic mass is 16.3. The van der Waals surface area contributed by atoms with E-state index in [9.17, 15) is 0 Å². The molecule has 0 aromatic rings. The molecule has 0 rings (SSSR count). The lowest BCUT2D eigenvalue weighted by molar-refractivity contribution is 0.285. The van der Waals surface area contributed by atoms with Gasteiger partial charge in [-0.2, -0.15) is 0 Å². The van der Waals surface area contributed by atoms with Crippen molar-refractivity contribution in [1.29, 1.82) is 0 Å². The molecule has 2 nitrogen and oxygen atoms in total. The van der Waals surface area contributed by atoms with Crippen LogP contribution in [0.4, 0.5) is 0 Å². The van der Waals surface area contributed by atoms with Crippen LogP contribution >= 0.6 is 0 Å². The first kappa shape index (κ1) is 10.9. The summed E-state index contributed by atoms with van der Waals surface area (Å²) in [5, 5.41) is 11.7. The van der Waals surface area contributed by atoms with E-state index in [-0.39, 0.29) is 6.61 Å². The van der Waals surface area contributed by atoms with Crippen LogP contribution in [0.3, 0.4) is 0 Å². The fourth-order valence-electron chi connectivity index (χ4n) is 1.24. The zero-order valence-corrected chi connectivity index (χ0v) is 7.77. The number of aliphatic hydroxyl groups excluding tert-OH is 1. The molecule has 1 atom stereocenters. The van der Waals surface area contributed by atoms with E-state index in [1.807, 2.05) is 0 Å². The Kier molecular flexibility index (Phi) is 7.96. The summed E-state index contributed by atoms with van der Waals surface area (Å²) in [6.07, 6.45) is 3.81. The molecule has 0 saturated heterocycles. The lowest BCUT2D eigenvalue weighted by atomic mass is 10.0. The second-order valence-electron chi connectivity index (χ2n) is 2.99. The highest BCUT2D eigenvalue weighted by Crippen LogP contribution is 2.08. The second kappa shape index (κ2) is 8.02. The van der Waals surface area contributed by atoms with Gasteiger partial charge in [0.05, 0.1) is 6.61 Å². The first-order valence-corrected chi connectivity index (χ1v) is 4.66. The molecule has 0 aliphatic rings. The van der Waals surface area contributed by atoms with Crippen LogP contribution in [0.25, 0.3) is 0 Å². The van der Waals surface area contributed by atoms with Crippen molar-refractivity contribution in [2.45, 2.75) is 33.1 Å². The van der Waals surface area contributed by atoms with Crippen LogP contribution in [-0.4, -0.2) is 24.8 Å². The average molecular weight is 159 g/mol. The minimum absolute atomic E-state index is 0.253. The minimum atomic E-state index is 0.253. The Hall–Kier alpha value is -0.0800. The molecule has 0 aromatic heterocycles. The number of hydrogen-bond donors (Lipinski definition) is 2. The summed E-state index contributed by atoms with van der Waals surface area (Å²) in [5.41, 5.74) is 0. The van der Waals surface area contributed by atoms with Crippen LogP contribution in [0.5, 0.6) is 0 Å². The third-order valence-corrected chi connectivity index (χ3v) is 2.00. The highest BCUT2D eigenvalue weighted by molar-refractivity contribution is 4.59. The van der Waals surface area contributed by atoms with Crippen molar-refractivity contribution in [2.24, 2.45) is 5.92 Å². The molecule has 0 aliphatic heterocycles. The molecule has 68 valence electrons. The monoisotopic (exact) mass is 159 g/mol. The van der Waals surface area contributed by atoms with Crippen LogP contribution in [0, 0.1) is 5.92 Å². The number of hydrogen-bond acceptors (Lipinski definition) is 2. The van der Waals surface area contributed by atoms with Gasteiger partial charge < -0.3 is 10.4 Å². The molecule has 1 unspecified atom stereocenters. The molecule has 0 bridgehead atoms. The molecule has 0 aliphatic carbocycles. The van der Waals surface area contributed by atoms with E-state index in [0.717, 1.165) is 19.0 Å². The van der Waals surface area contributed by atoms with Gasteiger partial charge in [-0.05, 0) is 18.9 Å². The Morgan fingerprint density at radius 2 is 2.09 bits per heavy atom. The van der Waals surface area contributed by atoms with Crippen molar-refractivity contribution < 1.29 is 5.11 Å². The zero-order valence-electron chi connectivity index (χ0n) is 7.77. The van der Waals surface area contributed by atoms with Gasteiger partial charge in [-0.25, -0.2) is 0 Å². The predicted molar refractivity (Wildman–Crippen MR) is 48.6 cm³/mol. The lowest BCUT2D eigenvalue weighted by Gasteiger charge is -2.13. The Morgan fingerprint density at radius 1 is 1.36 bits per heavy atom. The number of aliphatic hydroxyl groups is 1. The standard InChI is InChI=1S/C9H21NO/c1-3-5-9(4-2)8-10-6-7-11/h9-11H,3-8H2,1-2H3. The molecule has 0 amide bonds. The second-order valence-corrected chi connectivity index (χ2v) is 2.99. The maximum Gasteiger partial charge on any atom is 0.0555 e. The van der Waals surface area contributed by atoms with Crippen LogP contribution in [-0.2, 0) is 0 Å². The zero-order chi connectivity index (χ0) is 8.53. The molecule has 0 fully saturated rings. The topological polar surface area (TPSA) is 32.3 Å². The maximum atomic E-state index is 8.52. The summed E-state index contributed by atoms with van der Waals surface area (Å²) in [5.74, 6) is 0.798. The van der Waals surface area contributed by atoms with Gasteiger partial charge >= 0.3 is 0 Å². The van der Waals surface area contributed by atoms with Crippen LogP contribution < -0.4 is 5.32 Å². The molecule has 0 heterocycles. The van der Waals surface area contributed by atoms with Gasteiger partial charge in [0, 0.05) is 6.54 Å². The Balaban J connectivity index is 3.20. The van der Waals surface area contributed by atoms with Crippen molar-refractivity contribution in [1.82, 2.24) is 5.32 Å². The third kappa shape index (κ3) is 6.32. The van der Waals surface area contributed by atoms with E-state index in [2.05, 4.69) is 19.2 Å². The Bertz CT molecular complexity index is 76.0. The van der Waals surface area contributed by atoms with Crippen molar-refractivity contribution in [2.75, 3.05) is 19.7 Å². The molecule has 2 heteroatoms. The molecule has 11 heavy (non-hydrogen) atoms. The molecule has 0 saturated carbocycles. The average Bonchev–Trinajstić information content (AvgIpc) is 2.03. The van der Waals surface area contributed by atoms with E-state index in [0.29, 0.717) is 0 Å². The number of rotatable bonds is 7. The minimum Gasteiger partial charge on any atom is -0.395 e. The van der Waals surface area contributed by atoms with Crippen LogP contribution in [0.1, 0.15) is 33.1 Å². The van der Waals surface area contributed by atoms with Gasteiger partial charge in [-0.15, -0.1) is 0 Å². The normalized spacial score (nSPS) is 13.4. The van der Waals surface area contributed by atoms with Crippen molar-refractivity contribution in [3.05, 3.63) is 0 Å². The van der Waals surface area contributed by atoms with E-state index in [4.69, 9.17) is 5.11 Å². The van der Waals surface area contributed by atoms with E-state index in [1.165, 1.54) is 19.3 Å². The summed E-state index contributed by atoms with van der Waals surface area (Å²) < 4.78 is 0. The Labute approximate surface area is 70.0 Å². The lowest BCUT2D eigenvalue weighted by Crippen LogP contribution is -2.25. The van der Waals surface area contributed by atoms with Gasteiger partial charge in [0.2, 0.25) is 0 Å². The third-order valence-electron chi connectivity index (χ3n) is 2.00. The van der Waals surface area contributed by atoms with E-state index < -0.39 is 0 Å². The Morgan fingerprint density at radius 3 is 2.55 bits per heavy atom. The smallest absolute Gasteiger partial charge is 0.0555 e. The predicted octanol–water partition coefficient (Wildman–Crippen LogP) is 1.39. The van der Waals surface area contributed by atoms with Crippen LogP contribution in [0.2, 0.25) is 0 Å². The van der Waals surface area contributed by atoms with Gasteiger partial charge in [-0.3, -0.25) is 0 Å². The van der Waals surface area contributed by atoms with E-state index >= 15 is 0 Å². The molecule has 0 spiro atoms. The largest absolute Gasteiger partial charge is 0.395 e. The van der Waals surface area contributed by atoms with Crippen molar-refractivity contribution >= 4 is 0 Å². The summed E-state index contributed by atoms with van der Waals surface area (Å²) in [6.45, 7) is 6.49. The summed E-state index contributed by atoms with van der Waals surface area (Å²) >= 11 is 0. The molecular formula is C9H21NO. The molecular weight excluding hydrogens is 138 g/mol. The molecule has 2 N–H and O–H groups in total. The summed E-state index contributed by atoms with van der Waals surface area (Å²) in [4.78, 5) is 0. The summed E-state index contributed by atoms with van der Waals surface area (Å²) in [7, 11) is 0. The van der Waals surface area contributed by atoms with Gasteiger partial charge in [0.15, 0.2) is 0 Å². The highest BCUT2D eigenvalue weighted by Gasteiger charge is 2.02.